The van der Waals surface area contributed by atoms with Crippen molar-refractivity contribution in [1.82, 2.24) is 14.1 Å². The van der Waals surface area contributed by atoms with Crippen molar-refractivity contribution in [1.29, 1.82) is 0 Å². The van der Waals surface area contributed by atoms with Crippen molar-refractivity contribution < 1.29 is 22.0 Å². The summed E-state index contributed by atoms with van der Waals surface area (Å²) in [5, 5.41) is 2.74. The van der Waals surface area contributed by atoms with Gasteiger partial charge in [-0.05, 0) is 12.1 Å². The molecule has 0 saturated carbocycles. The van der Waals surface area contributed by atoms with Gasteiger partial charge in [0, 0.05) is 38.5 Å². The number of aromatic amines is 1. The Morgan fingerprint density at radius 3 is 2.27 bits per heavy atom. The first-order chi connectivity index (χ1) is 12.2. The first-order valence-electron chi connectivity index (χ1n) is 7.88. The second kappa shape index (κ2) is 6.44. The molecule has 0 bridgehead atoms. The summed E-state index contributed by atoms with van der Waals surface area (Å²) in [6.07, 6.45) is -0.566. The van der Waals surface area contributed by atoms with E-state index in [1.165, 1.54) is 31.3 Å². The molecule has 1 aliphatic rings. The Balaban J connectivity index is 1.89. The fraction of sp³-hybridized carbons (Fsp3) is 0.375. The third-order valence-electron chi connectivity index (χ3n) is 4.44. The van der Waals surface area contributed by atoms with E-state index in [2.05, 4.69) is 5.10 Å². The molecule has 1 aromatic heterocycles. The van der Waals surface area contributed by atoms with Crippen LogP contribution in [0.15, 0.2) is 34.0 Å². The van der Waals surface area contributed by atoms with E-state index in [0.29, 0.717) is 11.8 Å². The van der Waals surface area contributed by atoms with E-state index in [-0.39, 0.29) is 29.2 Å². The molecule has 1 saturated heterocycles. The number of aromatic nitrogens is 2. The molecular formula is C16H17F2N3O4S. The summed E-state index contributed by atoms with van der Waals surface area (Å²) in [6.45, 7) is -0.475. The van der Waals surface area contributed by atoms with Crippen molar-refractivity contribution in [3.63, 3.8) is 0 Å². The second-order valence-corrected chi connectivity index (χ2v) is 8.10. The fourth-order valence-corrected chi connectivity index (χ4v) is 4.33. The lowest BCUT2D eigenvalue weighted by atomic mass is 10.1. The molecule has 2 aromatic rings. The highest BCUT2D eigenvalue weighted by Crippen LogP contribution is 2.31. The van der Waals surface area contributed by atoms with Crippen LogP contribution in [0, 0.1) is 0 Å². The maximum atomic E-state index is 13.2. The van der Waals surface area contributed by atoms with Crippen LogP contribution in [-0.2, 0) is 17.1 Å². The minimum atomic E-state index is -3.88. The van der Waals surface area contributed by atoms with E-state index in [9.17, 15) is 26.8 Å². The lowest BCUT2D eigenvalue weighted by Gasteiger charge is -2.30. The van der Waals surface area contributed by atoms with Crippen LogP contribution >= 0.6 is 0 Å². The number of aldehydes is 1. The van der Waals surface area contributed by atoms with Crippen molar-refractivity contribution in [3.8, 4) is 11.3 Å². The molecule has 1 aliphatic heterocycles. The minimum absolute atomic E-state index is 0.0302. The predicted octanol–water partition coefficient (Wildman–Crippen LogP) is 1.61. The van der Waals surface area contributed by atoms with Gasteiger partial charge in [0.2, 0.25) is 10.0 Å². The smallest absolute Gasteiger partial charge is 0.277 e. The molecule has 1 aromatic carbocycles. The number of carbonyl (C=O) groups excluding carboxylic acids is 1. The van der Waals surface area contributed by atoms with E-state index < -0.39 is 34.3 Å². The van der Waals surface area contributed by atoms with E-state index in [0.717, 1.165) is 8.99 Å². The normalized spacial score (nSPS) is 18.0. The molecule has 26 heavy (non-hydrogen) atoms. The standard InChI is InChI=1S/C16H17F2N3O4S/c1-20-15(23)13(10-22)14(19-20)11-2-4-12(5-3-11)26(24,25)21-8-6-16(17,18)7-9-21/h2-5,10,19H,6-9H2,1H3. The number of piperidine rings is 1. The Bertz CT molecular complexity index is 983. The zero-order valence-electron chi connectivity index (χ0n) is 13.9. The number of nitrogens with zero attached hydrogens (tertiary/aromatic N) is 2. The number of H-pyrrole nitrogens is 1. The number of carbonyl (C=O) groups is 1. The summed E-state index contributed by atoms with van der Waals surface area (Å²) in [7, 11) is -2.41. The van der Waals surface area contributed by atoms with Crippen molar-refractivity contribution in [2.45, 2.75) is 23.7 Å². The number of benzene rings is 1. The van der Waals surface area contributed by atoms with Gasteiger partial charge in [-0.15, -0.1) is 0 Å². The van der Waals surface area contributed by atoms with Crippen LogP contribution in [0.25, 0.3) is 11.3 Å². The molecule has 7 nitrogen and oxygen atoms in total. The number of sulfonamides is 1. The van der Waals surface area contributed by atoms with Crippen molar-refractivity contribution in [2.75, 3.05) is 13.1 Å². The van der Waals surface area contributed by atoms with Gasteiger partial charge in [-0.1, -0.05) is 12.1 Å². The zero-order chi connectivity index (χ0) is 19.1. The van der Waals surface area contributed by atoms with Crippen LogP contribution in [-0.4, -0.2) is 47.8 Å². The molecule has 10 heteroatoms. The Morgan fingerprint density at radius 1 is 1.15 bits per heavy atom. The van der Waals surface area contributed by atoms with Gasteiger partial charge in [0.25, 0.3) is 11.5 Å². The lowest BCUT2D eigenvalue weighted by Crippen LogP contribution is -2.42. The third-order valence-corrected chi connectivity index (χ3v) is 6.35. The van der Waals surface area contributed by atoms with E-state index >= 15 is 0 Å². The van der Waals surface area contributed by atoms with Crippen molar-refractivity contribution in [3.05, 3.63) is 40.2 Å². The number of nitrogens with one attached hydrogen (secondary N) is 1. The maximum absolute atomic E-state index is 13.2. The molecular weight excluding hydrogens is 368 g/mol. The van der Waals surface area contributed by atoms with Crippen LogP contribution in [0.3, 0.4) is 0 Å². The first kappa shape index (κ1) is 18.5. The summed E-state index contributed by atoms with van der Waals surface area (Å²) < 4.78 is 53.8. The van der Waals surface area contributed by atoms with E-state index in [4.69, 9.17) is 0 Å². The molecule has 0 spiro atoms. The predicted molar refractivity (Wildman–Crippen MR) is 89.8 cm³/mol. The molecule has 0 atom stereocenters. The summed E-state index contributed by atoms with van der Waals surface area (Å²) >= 11 is 0. The quantitative estimate of drug-likeness (QED) is 0.810. The van der Waals surface area contributed by atoms with Gasteiger partial charge < -0.3 is 0 Å². The van der Waals surface area contributed by atoms with Crippen LogP contribution in [0.2, 0.25) is 0 Å². The zero-order valence-corrected chi connectivity index (χ0v) is 14.7. The van der Waals surface area contributed by atoms with Crippen LogP contribution in [0.5, 0.6) is 0 Å². The number of hydrogen-bond acceptors (Lipinski definition) is 4. The maximum Gasteiger partial charge on any atom is 0.277 e. The van der Waals surface area contributed by atoms with Crippen molar-refractivity contribution in [2.24, 2.45) is 7.05 Å². The summed E-state index contributed by atoms with van der Waals surface area (Å²) in [5.41, 5.74) is 0.213. The molecule has 1 fully saturated rings. The summed E-state index contributed by atoms with van der Waals surface area (Å²) in [4.78, 5) is 22.9. The minimum Gasteiger partial charge on any atom is -0.298 e. The molecule has 2 heterocycles. The molecule has 1 N–H and O–H groups in total. The van der Waals surface area contributed by atoms with Crippen LogP contribution in [0.1, 0.15) is 23.2 Å². The Morgan fingerprint density at radius 2 is 1.73 bits per heavy atom. The van der Waals surface area contributed by atoms with Gasteiger partial charge in [0.1, 0.15) is 5.56 Å². The van der Waals surface area contributed by atoms with Gasteiger partial charge in [0.15, 0.2) is 6.29 Å². The van der Waals surface area contributed by atoms with E-state index in [1.54, 1.807) is 0 Å². The molecule has 0 unspecified atom stereocenters. The van der Waals surface area contributed by atoms with Crippen LogP contribution < -0.4 is 5.56 Å². The van der Waals surface area contributed by atoms with Crippen molar-refractivity contribution >= 4 is 16.3 Å². The summed E-state index contributed by atoms with van der Waals surface area (Å²) in [6, 6.07) is 5.59. The Hall–Kier alpha value is -2.33. The highest BCUT2D eigenvalue weighted by Gasteiger charge is 2.38. The number of rotatable bonds is 4. The number of alkyl halides is 2. The Kier molecular flexibility index (Phi) is 4.57. The second-order valence-electron chi connectivity index (χ2n) is 6.17. The highest BCUT2D eigenvalue weighted by molar-refractivity contribution is 7.89. The van der Waals surface area contributed by atoms with Gasteiger partial charge in [0.05, 0.1) is 10.6 Å². The molecule has 3 rings (SSSR count). The Labute approximate surface area is 148 Å². The van der Waals surface area contributed by atoms with Gasteiger partial charge in [-0.3, -0.25) is 19.4 Å². The topological polar surface area (TPSA) is 92.2 Å². The van der Waals surface area contributed by atoms with Gasteiger partial charge in [-0.2, -0.15) is 4.31 Å². The van der Waals surface area contributed by atoms with Crippen LogP contribution in [0.4, 0.5) is 8.78 Å². The number of hydrogen-bond donors (Lipinski definition) is 1. The van der Waals surface area contributed by atoms with E-state index in [1.807, 2.05) is 0 Å². The van der Waals surface area contributed by atoms with Gasteiger partial charge >= 0.3 is 0 Å². The molecule has 0 radical (unpaired) electrons. The lowest BCUT2D eigenvalue weighted by molar-refractivity contribution is -0.0412. The van der Waals surface area contributed by atoms with Gasteiger partial charge in [-0.25, -0.2) is 17.2 Å². The molecule has 0 aliphatic carbocycles. The largest absolute Gasteiger partial charge is 0.298 e. The number of halogens is 2. The third kappa shape index (κ3) is 3.21. The molecule has 0 amide bonds. The number of aryl methyl sites for hydroxylation is 1. The fourth-order valence-electron chi connectivity index (χ4n) is 2.89. The monoisotopic (exact) mass is 385 g/mol. The average Bonchev–Trinajstić information content (AvgIpc) is 2.89. The first-order valence-corrected chi connectivity index (χ1v) is 9.32. The SMILES string of the molecule is Cn1[nH]c(-c2ccc(S(=O)(=O)N3CCC(F)(F)CC3)cc2)c(C=O)c1=O. The average molecular weight is 385 g/mol. The summed E-state index contributed by atoms with van der Waals surface area (Å²) in [5.74, 6) is -2.83. The highest BCUT2D eigenvalue weighted by atomic mass is 32.2. The molecule has 140 valence electrons.